The maximum Gasteiger partial charge on any atom is 0.119 e. The number of methoxy groups -OCH3 is 1. The van der Waals surface area contributed by atoms with Crippen molar-refractivity contribution in [3.05, 3.63) is 58.6 Å². The van der Waals surface area contributed by atoms with Crippen LogP contribution in [0, 0.1) is 0 Å². The third-order valence-electron chi connectivity index (χ3n) is 2.28. The third-order valence-corrected chi connectivity index (χ3v) is 2.81. The molecule has 2 nitrogen and oxygen atoms in total. The van der Waals surface area contributed by atoms with E-state index in [4.69, 9.17) is 4.74 Å². The Morgan fingerprint density at radius 1 is 1.12 bits per heavy atom. The van der Waals surface area contributed by atoms with Crippen molar-refractivity contribution in [1.82, 2.24) is 0 Å². The number of nitrogens with zero attached hydrogens (tertiary/aromatic N) is 1. The van der Waals surface area contributed by atoms with Crippen LogP contribution in [0.25, 0.3) is 0 Å². The summed E-state index contributed by atoms with van der Waals surface area (Å²) in [5.41, 5.74) is 1.95. The summed E-state index contributed by atoms with van der Waals surface area (Å²) in [7, 11) is 1.66. The van der Waals surface area contributed by atoms with Gasteiger partial charge in [0.05, 0.1) is 12.8 Å². The number of hydrogen-bond acceptors (Lipinski definition) is 2. The van der Waals surface area contributed by atoms with Crippen molar-refractivity contribution in [1.29, 1.82) is 0 Å². The summed E-state index contributed by atoms with van der Waals surface area (Å²) in [6.45, 7) is 0. The van der Waals surface area contributed by atoms with E-state index in [1.165, 1.54) is 0 Å². The van der Waals surface area contributed by atoms with Gasteiger partial charge in [0.25, 0.3) is 0 Å². The van der Waals surface area contributed by atoms with Crippen LogP contribution >= 0.6 is 15.9 Å². The fraction of sp³-hybridized carbons (Fsp3) is 0.0714. The van der Waals surface area contributed by atoms with Gasteiger partial charge in [0.2, 0.25) is 0 Å². The van der Waals surface area contributed by atoms with Gasteiger partial charge >= 0.3 is 0 Å². The predicted octanol–water partition coefficient (Wildman–Crippen LogP) is 4.21. The lowest BCUT2D eigenvalue weighted by molar-refractivity contribution is 0.415. The number of halogens is 1. The van der Waals surface area contributed by atoms with Crippen LogP contribution in [0.5, 0.6) is 5.75 Å². The van der Waals surface area contributed by atoms with E-state index in [0.717, 1.165) is 21.5 Å². The summed E-state index contributed by atoms with van der Waals surface area (Å²) in [5, 5.41) is 0. The summed E-state index contributed by atoms with van der Waals surface area (Å²) in [5.74, 6) is 0.838. The van der Waals surface area contributed by atoms with Gasteiger partial charge in [0.1, 0.15) is 5.75 Å². The highest BCUT2D eigenvalue weighted by atomic mass is 79.9. The smallest absolute Gasteiger partial charge is 0.119 e. The van der Waals surface area contributed by atoms with E-state index in [0.29, 0.717) is 0 Å². The first-order chi connectivity index (χ1) is 8.28. The maximum absolute atomic E-state index is 5.15. The van der Waals surface area contributed by atoms with Crippen LogP contribution in [0.1, 0.15) is 5.56 Å². The van der Waals surface area contributed by atoms with Crippen molar-refractivity contribution in [2.75, 3.05) is 7.11 Å². The lowest BCUT2D eigenvalue weighted by Gasteiger charge is -1.99. The Morgan fingerprint density at radius 3 is 2.59 bits per heavy atom. The Bertz CT molecular complexity index is 520. The quantitative estimate of drug-likeness (QED) is 0.776. The number of rotatable bonds is 3. The largest absolute Gasteiger partial charge is 0.497 e. The Kier molecular flexibility index (Phi) is 3.94. The van der Waals surface area contributed by atoms with Crippen molar-refractivity contribution >= 4 is 27.8 Å². The van der Waals surface area contributed by atoms with E-state index in [9.17, 15) is 0 Å². The molecular formula is C14H12BrNO. The van der Waals surface area contributed by atoms with Crippen LogP contribution in [-0.2, 0) is 0 Å². The Balaban J connectivity index is 2.16. The number of benzene rings is 2. The zero-order valence-electron chi connectivity index (χ0n) is 9.43. The van der Waals surface area contributed by atoms with Crippen LogP contribution in [0.4, 0.5) is 5.69 Å². The Labute approximate surface area is 109 Å². The molecule has 0 atom stereocenters. The summed E-state index contributed by atoms with van der Waals surface area (Å²) >= 11 is 3.39. The molecular weight excluding hydrogens is 278 g/mol. The molecule has 0 N–H and O–H groups in total. The molecule has 0 bridgehead atoms. The molecule has 2 aromatic carbocycles. The minimum absolute atomic E-state index is 0.838. The second kappa shape index (κ2) is 5.64. The molecule has 0 amide bonds. The monoisotopic (exact) mass is 289 g/mol. The van der Waals surface area contributed by atoms with E-state index in [1.54, 1.807) is 7.11 Å². The molecule has 0 aromatic heterocycles. The molecule has 0 aliphatic rings. The minimum atomic E-state index is 0.838. The highest BCUT2D eigenvalue weighted by Crippen LogP contribution is 2.17. The van der Waals surface area contributed by atoms with Crippen molar-refractivity contribution in [3.63, 3.8) is 0 Å². The zero-order chi connectivity index (χ0) is 12.1. The van der Waals surface area contributed by atoms with Gasteiger partial charge in [0.15, 0.2) is 0 Å². The normalized spacial score (nSPS) is 10.7. The predicted molar refractivity (Wildman–Crippen MR) is 74.4 cm³/mol. The van der Waals surface area contributed by atoms with Gasteiger partial charge in [-0.2, -0.15) is 0 Å². The standard InChI is InChI=1S/C14H12BrNO/c1-17-14-4-2-3-11(9-14)10-16-13-7-5-12(15)6-8-13/h2-10H,1H3. The van der Waals surface area contributed by atoms with Gasteiger partial charge in [-0.25, -0.2) is 0 Å². The molecule has 0 saturated carbocycles. The van der Waals surface area contributed by atoms with Crippen LogP contribution in [-0.4, -0.2) is 13.3 Å². The average molecular weight is 290 g/mol. The van der Waals surface area contributed by atoms with Gasteiger partial charge in [-0.05, 0) is 42.0 Å². The molecule has 17 heavy (non-hydrogen) atoms. The fourth-order valence-electron chi connectivity index (χ4n) is 1.40. The molecule has 0 aliphatic carbocycles. The number of hydrogen-bond donors (Lipinski definition) is 0. The van der Waals surface area contributed by atoms with Gasteiger partial charge in [-0.1, -0.05) is 28.1 Å². The first-order valence-electron chi connectivity index (χ1n) is 5.21. The van der Waals surface area contributed by atoms with Gasteiger partial charge in [0, 0.05) is 10.7 Å². The molecule has 0 heterocycles. The van der Waals surface area contributed by atoms with Gasteiger partial charge < -0.3 is 4.74 Å². The fourth-order valence-corrected chi connectivity index (χ4v) is 1.66. The number of ether oxygens (including phenoxy) is 1. The topological polar surface area (TPSA) is 21.6 Å². The molecule has 0 radical (unpaired) electrons. The van der Waals surface area contributed by atoms with Crippen LogP contribution in [0.15, 0.2) is 58.0 Å². The highest BCUT2D eigenvalue weighted by Gasteiger charge is 1.93. The van der Waals surface area contributed by atoms with E-state index in [1.807, 2.05) is 54.7 Å². The first-order valence-corrected chi connectivity index (χ1v) is 6.01. The second-order valence-corrected chi connectivity index (χ2v) is 4.43. The Morgan fingerprint density at radius 2 is 1.88 bits per heavy atom. The highest BCUT2D eigenvalue weighted by molar-refractivity contribution is 9.10. The molecule has 0 aliphatic heterocycles. The van der Waals surface area contributed by atoms with Crippen molar-refractivity contribution in [2.45, 2.75) is 0 Å². The average Bonchev–Trinajstić information content (AvgIpc) is 2.38. The van der Waals surface area contributed by atoms with E-state index >= 15 is 0 Å². The molecule has 0 spiro atoms. The lowest BCUT2D eigenvalue weighted by Crippen LogP contribution is -1.85. The van der Waals surface area contributed by atoms with Crippen LogP contribution < -0.4 is 4.74 Å². The zero-order valence-corrected chi connectivity index (χ0v) is 11.0. The second-order valence-electron chi connectivity index (χ2n) is 3.51. The van der Waals surface area contributed by atoms with E-state index in [2.05, 4.69) is 20.9 Å². The van der Waals surface area contributed by atoms with E-state index < -0.39 is 0 Å². The summed E-state index contributed by atoms with van der Waals surface area (Å²) in [4.78, 5) is 4.39. The van der Waals surface area contributed by atoms with Gasteiger partial charge in [-0.3, -0.25) is 4.99 Å². The molecule has 0 saturated heterocycles. The lowest BCUT2D eigenvalue weighted by atomic mass is 10.2. The van der Waals surface area contributed by atoms with Crippen molar-refractivity contribution < 1.29 is 4.74 Å². The molecule has 2 aromatic rings. The molecule has 2 rings (SSSR count). The summed E-state index contributed by atoms with van der Waals surface area (Å²) in [6, 6.07) is 15.7. The SMILES string of the molecule is COc1cccc(C=Nc2ccc(Br)cc2)c1. The third kappa shape index (κ3) is 3.43. The Hall–Kier alpha value is -1.61. The molecule has 3 heteroatoms. The van der Waals surface area contributed by atoms with Crippen molar-refractivity contribution in [3.8, 4) is 5.75 Å². The van der Waals surface area contributed by atoms with Crippen LogP contribution in [0.2, 0.25) is 0 Å². The summed E-state index contributed by atoms with van der Waals surface area (Å²) in [6.07, 6.45) is 1.83. The van der Waals surface area contributed by atoms with E-state index in [-0.39, 0.29) is 0 Å². The maximum atomic E-state index is 5.15. The first kappa shape index (κ1) is 11.9. The summed E-state index contributed by atoms with van der Waals surface area (Å²) < 4.78 is 6.21. The molecule has 0 unspecified atom stereocenters. The van der Waals surface area contributed by atoms with Crippen molar-refractivity contribution in [2.24, 2.45) is 4.99 Å². The minimum Gasteiger partial charge on any atom is -0.497 e. The van der Waals surface area contributed by atoms with Gasteiger partial charge in [-0.15, -0.1) is 0 Å². The number of aliphatic imine (C=N–C) groups is 1. The molecule has 86 valence electrons. The molecule has 0 fully saturated rings. The van der Waals surface area contributed by atoms with Crippen LogP contribution in [0.3, 0.4) is 0 Å².